The molecular weight excluding hydrogens is 182 g/mol. The summed E-state index contributed by atoms with van der Waals surface area (Å²) in [6.45, 7) is 9.47. The van der Waals surface area contributed by atoms with Gasteiger partial charge in [-0.3, -0.25) is 0 Å². The fourth-order valence-corrected chi connectivity index (χ4v) is 1.64. The van der Waals surface area contributed by atoms with Gasteiger partial charge >= 0.3 is 0 Å². The summed E-state index contributed by atoms with van der Waals surface area (Å²) in [7, 11) is 0. The van der Waals surface area contributed by atoms with Gasteiger partial charge in [-0.25, -0.2) is 0 Å². The molecule has 1 rings (SSSR count). The highest BCUT2D eigenvalue weighted by atomic mass is 32.1. The fourth-order valence-electron chi connectivity index (χ4n) is 0.975. The van der Waals surface area contributed by atoms with Crippen LogP contribution in [0.15, 0.2) is 0 Å². The number of hydrogen-bond donors (Lipinski definition) is 1. The van der Waals surface area contributed by atoms with Crippen LogP contribution in [0.3, 0.4) is 0 Å². The van der Waals surface area contributed by atoms with Gasteiger partial charge in [-0.15, -0.1) is 5.10 Å². The van der Waals surface area contributed by atoms with Gasteiger partial charge in [0.2, 0.25) is 0 Å². The molecule has 0 spiro atoms. The average molecular weight is 199 g/mol. The van der Waals surface area contributed by atoms with Crippen LogP contribution in [-0.4, -0.2) is 15.1 Å². The summed E-state index contributed by atoms with van der Waals surface area (Å²) < 4.78 is 3.95. The van der Waals surface area contributed by atoms with E-state index in [1.165, 1.54) is 16.4 Å². The SMILES string of the molecule is CCc1nnsc1CNC(C)(C)C. The molecule has 0 aromatic carbocycles. The van der Waals surface area contributed by atoms with Gasteiger partial charge in [0.25, 0.3) is 0 Å². The third-order valence-corrected chi connectivity index (χ3v) is 2.51. The molecule has 0 aliphatic rings. The topological polar surface area (TPSA) is 37.8 Å². The van der Waals surface area contributed by atoms with Gasteiger partial charge in [0.15, 0.2) is 0 Å². The lowest BCUT2D eigenvalue weighted by atomic mass is 10.1. The first-order chi connectivity index (χ1) is 6.03. The van der Waals surface area contributed by atoms with Crippen molar-refractivity contribution in [1.29, 1.82) is 0 Å². The van der Waals surface area contributed by atoms with Crippen LogP contribution in [0.4, 0.5) is 0 Å². The Balaban J connectivity index is 2.54. The number of rotatable bonds is 3. The van der Waals surface area contributed by atoms with Gasteiger partial charge in [-0.2, -0.15) is 0 Å². The van der Waals surface area contributed by atoms with Crippen LogP contribution in [0.25, 0.3) is 0 Å². The van der Waals surface area contributed by atoms with Crippen molar-refractivity contribution < 1.29 is 0 Å². The van der Waals surface area contributed by atoms with Crippen LogP contribution in [0, 0.1) is 0 Å². The number of nitrogens with zero attached hydrogens (tertiary/aromatic N) is 2. The largest absolute Gasteiger partial charge is 0.307 e. The summed E-state index contributed by atoms with van der Waals surface area (Å²) in [5, 5.41) is 7.49. The van der Waals surface area contributed by atoms with Gasteiger partial charge < -0.3 is 5.32 Å². The maximum absolute atomic E-state index is 4.06. The van der Waals surface area contributed by atoms with Crippen LogP contribution in [0.5, 0.6) is 0 Å². The highest BCUT2D eigenvalue weighted by Gasteiger charge is 2.11. The Morgan fingerprint density at radius 1 is 1.38 bits per heavy atom. The van der Waals surface area contributed by atoms with Crippen molar-refractivity contribution in [3.63, 3.8) is 0 Å². The minimum absolute atomic E-state index is 0.162. The number of nitrogens with one attached hydrogen (secondary N) is 1. The van der Waals surface area contributed by atoms with Crippen molar-refractivity contribution in [2.75, 3.05) is 0 Å². The normalized spacial score (nSPS) is 12.0. The Hall–Kier alpha value is -0.480. The van der Waals surface area contributed by atoms with Gasteiger partial charge in [0.1, 0.15) is 0 Å². The second kappa shape index (κ2) is 4.15. The number of hydrogen-bond acceptors (Lipinski definition) is 4. The molecule has 0 saturated carbocycles. The van der Waals surface area contributed by atoms with Crippen LogP contribution < -0.4 is 5.32 Å². The highest BCUT2D eigenvalue weighted by molar-refractivity contribution is 7.05. The quantitative estimate of drug-likeness (QED) is 0.809. The third-order valence-electron chi connectivity index (χ3n) is 1.75. The van der Waals surface area contributed by atoms with E-state index in [-0.39, 0.29) is 5.54 Å². The molecule has 0 unspecified atom stereocenters. The van der Waals surface area contributed by atoms with Gasteiger partial charge in [-0.05, 0) is 38.7 Å². The van der Waals surface area contributed by atoms with E-state index in [0.29, 0.717) is 0 Å². The summed E-state index contributed by atoms with van der Waals surface area (Å²) in [6.07, 6.45) is 0.970. The minimum Gasteiger partial charge on any atom is -0.307 e. The maximum Gasteiger partial charge on any atom is 0.0798 e. The first kappa shape index (κ1) is 10.6. The van der Waals surface area contributed by atoms with Crippen molar-refractivity contribution >= 4 is 11.5 Å². The van der Waals surface area contributed by atoms with Crippen LogP contribution in [0.2, 0.25) is 0 Å². The minimum atomic E-state index is 0.162. The zero-order valence-corrected chi connectivity index (χ0v) is 9.53. The molecule has 0 amide bonds. The van der Waals surface area contributed by atoms with Crippen molar-refractivity contribution in [1.82, 2.24) is 14.9 Å². The Morgan fingerprint density at radius 2 is 2.08 bits per heavy atom. The van der Waals surface area contributed by atoms with Gasteiger partial charge in [0, 0.05) is 12.1 Å². The maximum atomic E-state index is 4.06. The number of aryl methyl sites for hydroxylation is 1. The van der Waals surface area contributed by atoms with E-state index in [1.807, 2.05) is 0 Å². The van der Waals surface area contributed by atoms with E-state index < -0.39 is 0 Å². The predicted octanol–water partition coefficient (Wildman–Crippen LogP) is 1.99. The van der Waals surface area contributed by atoms with Gasteiger partial charge in [0.05, 0.1) is 10.6 Å². The molecule has 1 N–H and O–H groups in total. The first-order valence-electron chi connectivity index (χ1n) is 4.58. The first-order valence-corrected chi connectivity index (χ1v) is 5.35. The smallest absolute Gasteiger partial charge is 0.0798 e. The van der Waals surface area contributed by atoms with Crippen molar-refractivity contribution in [2.45, 2.75) is 46.2 Å². The van der Waals surface area contributed by atoms with Gasteiger partial charge in [-0.1, -0.05) is 11.4 Å². The molecular formula is C9H17N3S. The third kappa shape index (κ3) is 3.40. The molecule has 0 atom stereocenters. The van der Waals surface area contributed by atoms with E-state index in [2.05, 4.69) is 42.6 Å². The number of aromatic nitrogens is 2. The van der Waals surface area contributed by atoms with E-state index >= 15 is 0 Å². The zero-order chi connectivity index (χ0) is 9.90. The summed E-state index contributed by atoms with van der Waals surface area (Å²) in [5.74, 6) is 0. The lowest BCUT2D eigenvalue weighted by Gasteiger charge is -2.19. The molecule has 74 valence electrons. The lowest BCUT2D eigenvalue weighted by Crippen LogP contribution is -2.35. The molecule has 13 heavy (non-hydrogen) atoms. The second-order valence-electron chi connectivity index (χ2n) is 4.10. The molecule has 0 radical (unpaired) electrons. The summed E-state index contributed by atoms with van der Waals surface area (Å²) in [6, 6.07) is 0. The monoisotopic (exact) mass is 199 g/mol. The molecule has 3 nitrogen and oxygen atoms in total. The Morgan fingerprint density at radius 3 is 2.62 bits per heavy atom. The summed E-state index contributed by atoms with van der Waals surface area (Å²) in [5.41, 5.74) is 1.29. The lowest BCUT2D eigenvalue weighted by molar-refractivity contribution is 0.425. The molecule has 1 heterocycles. The molecule has 4 heteroatoms. The molecule has 0 saturated heterocycles. The van der Waals surface area contributed by atoms with E-state index in [4.69, 9.17) is 0 Å². The summed E-state index contributed by atoms with van der Waals surface area (Å²) in [4.78, 5) is 1.26. The van der Waals surface area contributed by atoms with Crippen LogP contribution in [0.1, 0.15) is 38.3 Å². The second-order valence-corrected chi connectivity index (χ2v) is 4.94. The van der Waals surface area contributed by atoms with E-state index in [1.54, 1.807) is 0 Å². The van der Waals surface area contributed by atoms with E-state index in [9.17, 15) is 0 Å². The van der Waals surface area contributed by atoms with Crippen LogP contribution >= 0.6 is 11.5 Å². The Labute approximate surface area is 83.7 Å². The predicted molar refractivity (Wildman–Crippen MR) is 55.9 cm³/mol. The molecule has 0 bridgehead atoms. The van der Waals surface area contributed by atoms with Crippen molar-refractivity contribution in [3.05, 3.63) is 10.6 Å². The Bertz CT molecular complexity index is 262. The summed E-state index contributed by atoms with van der Waals surface area (Å²) >= 11 is 1.49. The van der Waals surface area contributed by atoms with E-state index in [0.717, 1.165) is 18.7 Å². The molecule has 0 aliphatic carbocycles. The average Bonchev–Trinajstić information content (AvgIpc) is 2.46. The highest BCUT2D eigenvalue weighted by Crippen LogP contribution is 2.12. The standard InChI is InChI=1S/C9H17N3S/c1-5-7-8(13-12-11-7)6-10-9(2,3)4/h10H,5-6H2,1-4H3. The molecule has 1 aromatic rings. The van der Waals surface area contributed by atoms with Crippen molar-refractivity contribution in [2.24, 2.45) is 0 Å². The fraction of sp³-hybridized carbons (Fsp3) is 0.778. The van der Waals surface area contributed by atoms with Crippen LogP contribution in [-0.2, 0) is 13.0 Å². The molecule has 0 aliphatic heterocycles. The zero-order valence-electron chi connectivity index (χ0n) is 8.72. The molecule has 1 aromatic heterocycles. The molecule has 0 fully saturated rings. The Kier molecular flexibility index (Phi) is 3.39. The van der Waals surface area contributed by atoms with Crippen molar-refractivity contribution in [3.8, 4) is 0 Å².